The van der Waals surface area contributed by atoms with Gasteiger partial charge in [-0.25, -0.2) is 0 Å². The number of aliphatic hydroxyl groups excluding tert-OH is 2. The first-order valence-electron chi connectivity index (χ1n) is 11.6. The van der Waals surface area contributed by atoms with Gasteiger partial charge < -0.3 is 25.6 Å². The molecule has 0 saturated carbocycles. The summed E-state index contributed by atoms with van der Waals surface area (Å²) in [5.74, 6) is -1.62. The van der Waals surface area contributed by atoms with Crippen LogP contribution in [0, 0.1) is 5.92 Å². The van der Waals surface area contributed by atoms with Gasteiger partial charge in [-0.3, -0.25) is 14.4 Å². The maximum absolute atomic E-state index is 13.1. The summed E-state index contributed by atoms with van der Waals surface area (Å²) in [4.78, 5) is 39.0. The Kier molecular flexibility index (Phi) is 8.56. The van der Waals surface area contributed by atoms with Gasteiger partial charge in [0.1, 0.15) is 6.04 Å². The molecule has 186 valence electrons. The van der Waals surface area contributed by atoms with Gasteiger partial charge in [-0.15, -0.1) is 0 Å². The van der Waals surface area contributed by atoms with E-state index in [4.69, 9.17) is 4.74 Å². The molecule has 1 saturated heterocycles. The number of carbonyl (C=O) groups is 3. The summed E-state index contributed by atoms with van der Waals surface area (Å²) >= 11 is 0. The van der Waals surface area contributed by atoms with Crippen molar-refractivity contribution in [3.8, 4) is 11.1 Å². The molecular weight excluding hydrogens is 448 g/mol. The Bertz CT molecular complexity index is 1080. The Morgan fingerprint density at radius 3 is 2.29 bits per heavy atom. The average molecular weight is 481 g/mol. The van der Waals surface area contributed by atoms with Crippen LogP contribution in [0.15, 0.2) is 55.1 Å². The fourth-order valence-corrected chi connectivity index (χ4v) is 3.86. The highest BCUT2D eigenvalue weighted by molar-refractivity contribution is 6.02. The van der Waals surface area contributed by atoms with Gasteiger partial charge in [-0.05, 0) is 35.1 Å². The van der Waals surface area contributed by atoms with Crippen molar-refractivity contribution in [2.75, 3.05) is 19.8 Å². The molecular formula is C27H32N2O6. The Morgan fingerprint density at radius 2 is 1.74 bits per heavy atom. The van der Waals surface area contributed by atoms with E-state index >= 15 is 0 Å². The highest BCUT2D eigenvalue weighted by Gasteiger charge is 2.54. The molecule has 2 aromatic carbocycles. The zero-order valence-corrected chi connectivity index (χ0v) is 20.0. The predicted octanol–water partition coefficient (Wildman–Crippen LogP) is 1.95. The summed E-state index contributed by atoms with van der Waals surface area (Å²) in [5, 5.41) is 24.6. The topological polar surface area (TPSA) is 128 Å². The number of nitrogens with one attached hydrogen (secondary N) is 2. The molecule has 2 aromatic rings. The van der Waals surface area contributed by atoms with Gasteiger partial charge in [0.2, 0.25) is 5.91 Å². The largest absolute Gasteiger partial charge is 0.394 e. The number of ether oxygens (including phenoxy) is 1. The zero-order valence-electron chi connectivity index (χ0n) is 20.0. The van der Waals surface area contributed by atoms with E-state index in [0.717, 1.165) is 11.1 Å². The van der Waals surface area contributed by atoms with Crippen molar-refractivity contribution in [3.63, 3.8) is 0 Å². The molecule has 8 nitrogen and oxygen atoms in total. The van der Waals surface area contributed by atoms with Crippen LogP contribution in [0.25, 0.3) is 17.2 Å². The highest BCUT2D eigenvalue weighted by atomic mass is 16.6. The van der Waals surface area contributed by atoms with Crippen molar-refractivity contribution in [2.45, 2.75) is 38.0 Å². The summed E-state index contributed by atoms with van der Waals surface area (Å²) in [6.45, 7) is 6.50. The molecule has 0 unspecified atom stereocenters. The van der Waals surface area contributed by atoms with Gasteiger partial charge in [-0.2, -0.15) is 0 Å². The van der Waals surface area contributed by atoms with Crippen molar-refractivity contribution < 1.29 is 29.3 Å². The molecule has 1 aliphatic heterocycles. The second-order valence-corrected chi connectivity index (χ2v) is 9.08. The smallest absolute Gasteiger partial charge is 0.252 e. The van der Waals surface area contributed by atoms with Crippen LogP contribution in [-0.4, -0.2) is 65.3 Å². The lowest BCUT2D eigenvalue weighted by Gasteiger charge is -2.25. The summed E-state index contributed by atoms with van der Waals surface area (Å²) < 4.78 is 5.15. The molecule has 4 N–H and O–H groups in total. The SMILES string of the molecule is C=Cc1ccc(-c2ccccc2)cc1C(=O)N[C@@H](CO)C(=O)N[C@@H](CC(C)C)C(=O)[C@@]1(CO)CO1. The summed E-state index contributed by atoms with van der Waals surface area (Å²) in [6, 6.07) is 12.7. The summed E-state index contributed by atoms with van der Waals surface area (Å²) in [6.07, 6.45) is 1.86. The van der Waals surface area contributed by atoms with Crippen LogP contribution in [-0.2, 0) is 14.3 Å². The Morgan fingerprint density at radius 1 is 1.06 bits per heavy atom. The van der Waals surface area contributed by atoms with Crippen molar-refractivity contribution in [1.29, 1.82) is 0 Å². The third kappa shape index (κ3) is 6.22. The monoisotopic (exact) mass is 480 g/mol. The summed E-state index contributed by atoms with van der Waals surface area (Å²) in [5.41, 5.74) is 1.31. The number of amides is 2. The minimum atomic E-state index is -1.29. The molecule has 0 bridgehead atoms. The van der Waals surface area contributed by atoms with Crippen LogP contribution >= 0.6 is 0 Å². The van der Waals surface area contributed by atoms with Crippen LogP contribution in [0.2, 0.25) is 0 Å². The van der Waals surface area contributed by atoms with Gasteiger partial charge in [0.15, 0.2) is 11.4 Å². The number of hydrogen-bond acceptors (Lipinski definition) is 6. The van der Waals surface area contributed by atoms with Crippen molar-refractivity contribution in [2.24, 2.45) is 5.92 Å². The molecule has 1 fully saturated rings. The van der Waals surface area contributed by atoms with E-state index < -0.39 is 48.5 Å². The van der Waals surface area contributed by atoms with Crippen LogP contribution in [0.1, 0.15) is 36.2 Å². The number of carbonyl (C=O) groups excluding carboxylic acids is 3. The maximum Gasteiger partial charge on any atom is 0.252 e. The minimum absolute atomic E-state index is 0.0665. The van der Waals surface area contributed by atoms with Gasteiger partial charge in [-0.1, -0.05) is 69.0 Å². The molecule has 0 spiro atoms. The van der Waals surface area contributed by atoms with E-state index in [1.807, 2.05) is 50.2 Å². The predicted molar refractivity (Wildman–Crippen MR) is 132 cm³/mol. The van der Waals surface area contributed by atoms with Gasteiger partial charge in [0.05, 0.1) is 25.9 Å². The Labute approximate surface area is 205 Å². The molecule has 0 aliphatic carbocycles. The molecule has 1 heterocycles. The Balaban J connectivity index is 1.77. The number of benzene rings is 2. The number of rotatable bonds is 12. The lowest BCUT2D eigenvalue weighted by atomic mass is 9.92. The zero-order chi connectivity index (χ0) is 25.6. The first kappa shape index (κ1) is 26.3. The maximum atomic E-state index is 13.1. The van der Waals surface area contributed by atoms with E-state index in [1.54, 1.807) is 18.2 Å². The van der Waals surface area contributed by atoms with E-state index in [2.05, 4.69) is 17.2 Å². The second-order valence-electron chi connectivity index (χ2n) is 9.08. The fourth-order valence-electron chi connectivity index (χ4n) is 3.86. The molecule has 0 aromatic heterocycles. The third-order valence-electron chi connectivity index (χ3n) is 5.97. The van der Waals surface area contributed by atoms with E-state index in [1.165, 1.54) is 0 Å². The lowest BCUT2D eigenvalue weighted by molar-refractivity contribution is -0.133. The second kappa shape index (κ2) is 11.4. The quantitative estimate of drug-likeness (QED) is 0.344. The molecule has 0 radical (unpaired) electrons. The van der Waals surface area contributed by atoms with Crippen LogP contribution in [0.4, 0.5) is 0 Å². The number of ketones is 1. The van der Waals surface area contributed by atoms with Gasteiger partial charge in [0, 0.05) is 5.56 Å². The molecule has 3 rings (SSSR count). The van der Waals surface area contributed by atoms with Gasteiger partial charge in [0.25, 0.3) is 5.91 Å². The first-order chi connectivity index (χ1) is 16.7. The molecule has 3 atom stereocenters. The molecule has 35 heavy (non-hydrogen) atoms. The van der Waals surface area contributed by atoms with Gasteiger partial charge >= 0.3 is 0 Å². The number of hydrogen-bond donors (Lipinski definition) is 4. The normalized spacial score (nSPS) is 18.4. The third-order valence-corrected chi connectivity index (χ3v) is 5.97. The van der Waals surface area contributed by atoms with Crippen LogP contribution in [0.3, 0.4) is 0 Å². The van der Waals surface area contributed by atoms with E-state index in [9.17, 15) is 24.6 Å². The first-order valence-corrected chi connectivity index (χ1v) is 11.6. The molecule has 2 amide bonds. The van der Waals surface area contributed by atoms with Crippen LogP contribution in [0.5, 0.6) is 0 Å². The lowest BCUT2D eigenvalue weighted by Crippen LogP contribution is -2.55. The Hall–Kier alpha value is -3.33. The van der Waals surface area contributed by atoms with E-state index in [0.29, 0.717) is 17.5 Å². The average Bonchev–Trinajstić information content (AvgIpc) is 3.67. The standard InChI is InChI=1S/C27H32N2O6/c1-4-18-10-11-20(19-8-6-5-7-9-19)13-21(18)25(33)29-23(14-30)26(34)28-22(12-17(2)3)24(32)27(15-31)16-35-27/h4-11,13,17,22-23,30-31H,1,12,14-16H2,2-3H3,(H,28,34)(H,29,33)/t22-,23-,27+/m0/s1. The van der Waals surface area contributed by atoms with Crippen molar-refractivity contribution in [3.05, 3.63) is 66.2 Å². The number of aliphatic hydroxyl groups is 2. The van der Waals surface area contributed by atoms with E-state index in [-0.39, 0.29) is 12.5 Å². The number of Topliss-reactive ketones (excluding diaryl/α,β-unsaturated/α-hetero) is 1. The fraction of sp³-hybridized carbons (Fsp3) is 0.370. The molecule has 8 heteroatoms. The number of epoxide rings is 1. The molecule has 1 aliphatic rings. The van der Waals surface area contributed by atoms with Crippen LogP contribution < -0.4 is 10.6 Å². The minimum Gasteiger partial charge on any atom is -0.394 e. The summed E-state index contributed by atoms with van der Waals surface area (Å²) in [7, 11) is 0. The highest BCUT2D eigenvalue weighted by Crippen LogP contribution is 2.30. The van der Waals surface area contributed by atoms with Crippen molar-refractivity contribution >= 4 is 23.7 Å². The van der Waals surface area contributed by atoms with Crippen molar-refractivity contribution in [1.82, 2.24) is 10.6 Å².